The number of thiocarbonyl (C=S) groups is 1. The van der Waals surface area contributed by atoms with Crippen LogP contribution in [0.1, 0.15) is 21.5 Å². The first-order valence-electron chi connectivity index (χ1n) is 8.84. The largest absolute Gasteiger partial charge is 0.478 e. The molecule has 29 heavy (non-hydrogen) atoms. The highest BCUT2D eigenvalue weighted by molar-refractivity contribution is 7.80. The van der Waals surface area contributed by atoms with Crippen molar-refractivity contribution in [3.05, 3.63) is 57.1 Å². The lowest BCUT2D eigenvalue weighted by Crippen LogP contribution is -2.50. The van der Waals surface area contributed by atoms with Gasteiger partial charge in [-0.05, 0) is 55.0 Å². The summed E-state index contributed by atoms with van der Waals surface area (Å²) < 4.78 is 0. The summed E-state index contributed by atoms with van der Waals surface area (Å²) >= 11 is 17.8. The molecular formula is C20H18Cl2N4O2S. The van der Waals surface area contributed by atoms with E-state index in [0.29, 0.717) is 34.5 Å². The van der Waals surface area contributed by atoms with Gasteiger partial charge in [0.1, 0.15) is 6.07 Å². The average Bonchev–Trinajstić information content (AvgIpc) is 2.70. The molecule has 0 radical (unpaired) electrons. The normalized spacial score (nSPS) is 13.7. The quantitative estimate of drug-likeness (QED) is 0.673. The SMILES string of the molecule is Cc1c(N2CCN(C(=S)Nc3ccc(C(=O)O)c(Cl)c3)CC2)ccc(C#N)c1Cl. The second-order valence-electron chi connectivity index (χ2n) is 6.59. The molecule has 9 heteroatoms. The van der Waals surface area contributed by atoms with E-state index in [4.69, 9.17) is 45.8 Å². The number of benzene rings is 2. The van der Waals surface area contributed by atoms with Gasteiger partial charge in [-0.1, -0.05) is 23.2 Å². The number of rotatable bonds is 3. The van der Waals surface area contributed by atoms with Gasteiger partial charge in [-0.2, -0.15) is 5.26 Å². The Balaban J connectivity index is 1.63. The van der Waals surface area contributed by atoms with Crippen LogP contribution >= 0.6 is 35.4 Å². The summed E-state index contributed by atoms with van der Waals surface area (Å²) in [6.07, 6.45) is 0. The van der Waals surface area contributed by atoms with Crippen LogP contribution in [0.15, 0.2) is 30.3 Å². The van der Waals surface area contributed by atoms with Gasteiger partial charge in [-0.25, -0.2) is 4.79 Å². The fourth-order valence-corrected chi connectivity index (χ4v) is 3.99. The van der Waals surface area contributed by atoms with Crippen molar-refractivity contribution in [3.63, 3.8) is 0 Å². The van der Waals surface area contributed by atoms with Crippen molar-refractivity contribution in [2.45, 2.75) is 6.92 Å². The van der Waals surface area contributed by atoms with Gasteiger partial charge in [0.2, 0.25) is 0 Å². The predicted molar refractivity (Wildman–Crippen MR) is 119 cm³/mol. The standard InChI is InChI=1S/C20H18Cl2N4O2S/c1-12-17(5-2-13(11-23)18(12)22)25-6-8-26(9-7-25)20(29)24-14-3-4-15(19(27)28)16(21)10-14/h2-5,10H,6-9H2,1H3,(H,24,29)(H,27,28). The summed E-state index contributed by atoms with van der Waals surface area (Å²) in [5.41, 5.74) is 3.08. The molecule has 1 aliphatic heterocycles. The van der Waals surface area contributed by atoms with Gasteiger partial charge in [0.25, 0.3) is 0 Å². The van der Waals surface area contributed by atoms with Crippen LogP contribution in [0.4, 0.5) is 11.4 Å². The van der Waals surface area contributed by atoms with E-state index >= 15 is 0 Å². The van der Waals surface area contributed by atoms with Crippen LogP contribution in [0.25, 0.3) is 0 Å². The molecule has 0 unspecified atom stereocenters. The Labute approximate surface area is 184 Å². The van der Waals surface area contributed by atoms with Gasteiger partial charge in [0.15, 0.2) is 5.11 Å². The number of carbonyl (C=O) groups is 1. The molecule has 0 amide bonds. The number of carboxylic acids is 1. The molecule has 0 bridgehead atoms. The van der Waals surface area contributed by atoms with Crippen molar-refractivity contribution < 1.29 is 9.90 Å². The number of carboxylic acid groups (broad SMARTS) is 1. The molecule has 1 aliphatic rings. The molecule has 1 heterocycles. The van der Waals surface area contributed by atoms with Crippen molar-refractivity contribution in [2.75, 3.05) is 36.4 Å². The van der Waals surface area contributed by atoms with E-state index < -0.39 is 5.97 Å². The monoisotopic (exact) mass is 448 g/mol. The van der Waals surface area contributed by atoms with E-state index in [1.54, 1.807) is 18.2 Å². The van der Waals surface area contributed by atoms with Crippen LogP contribution in [0.2, 0.25) is 10.0 Å². The third-order valence-corrected chi connectivity index (χ3v) is 6.00. The zero-order valence-electron chi connectivity index (χ0n) is 15.6. The van der Waals surface area contributed by atoms with Gasteiger partial charge >= 0.3 is 5.97 Å². The molecule has 150 valence electrons. The summed E-state index contributed by atoms with van der Waals surface area (Å²) in [5.74, 6) is -1.07. The minimum atomic E-state index is -1.07. The Hall–Kier alpha value is -2.53. The van der Waals surface area contributed by atoms with E-state index in [-0.39, 0.29) is 10.6 Å². The highest BCUT2D eigenvalue weighted by Gasteiger charge is 2.22. The third kappa shape index (κ3) is 4.56. The molecule has 2 aromatic carbocycles. The molecule has 1 saturated heterocycles. The number of hydrogen-bond donors (Lipinski definition) is 2. The molecule has 3 rings (SSSR count). The summed E-state index contributed by atoms with van der Waals surface area (Å²) in [4.78, 5) is 15.3. The van der Waals surface area contributed by atoms with Gasteiger partial charge < -0.3 is 20.2 Å². The molecule has 2 aromatic rings. The first-order chi connectivity index (χ1) is 13.8. The van der Waals surface area contributed by atoms with E-state index in [1.807, 2.05) is 17.9 Å². The zero-order valence-corrected chi connectivity index (χ0v) is 17.9. The maximum atomic E-state index is 11.1. The van der Waals surface area contributed by atoms with Gasteiger partial charge in [-0.15, -0.1) is 0 Å². The number of halogens is 2. The van der Waals surface area contributed by atoms with Crippen molar-refractivity contribution in [3.8, 4) is 6.07 Å². The molecule has 1 fully saturated rings. The number of piperazine rings is 1. The minimum Gasteiger partial charge on any atom is -0.478 e. The lowest BCUT2D eigenvalue weighted by Gasteiger charge is -2.38. The van der Waals surface area contributed by atoms with E-state index in [1.165, 1.54) is 6.07 Å². The number of hydrogen-bond acceptors (Lipinski definition) is 4. The molecule has 0 aliphatic carbocycles. The highest BCUT2D eigenvalue weighted by atomic mass is 35.5. The summed E-state index contributed by atoms with van der Waals surface area (Å²) in [5, 5.41) is 22.5. The number of nitrogens with one attached hydrogen (secondary N) is 1. The molecule has 0 spiro atoms. The topological polar surface area (TPSA) is 79.6 Å². The molecule has 2 N–H and O–H groups in total. The van der Waals surface area contributed by atoms with Crippen molar-refractivity contribution >= 4 is 57.9 Å². The maximum absolute atomic E-state index is 11.1. The summed E-state index contributed by atoms with van der Waals surface area (Å²) in [6.45, 7) is 4.85. The van der Waals surface area contributed by atoms with Crippen molar-refractivity contribution in [1.82, 2.24) is 4.90 Å². The molecule has 0 saturated carbocycles. The van der Waals surface area contributed by atoms with Crippen LogP contribution < -0.4 is 10.2 Å². The van der Waals surface area contributed by atoms with Crippen molar-refractivity contribution in [2.24, 2.45) is 0 Å². The Kier molecular flexibility index (Phi) is 6.48. The van der Waals surface area contributed by atoms with Crippen LogP contribution in [-0.4, -0.2) is 47.3 Å². The lowest BCUT2D eigenvalue weighted by molar-refractivity contribution is 0.0697. The van der Waals surface area contributed by atoms with E-state index in [2.05, 4.69) is 16.3 Å². The Morgan fingerprint density at radius 2 is 1.90 bits per heavy atom. The maximum Gasteiger partial charge on any atom is 0.337 e. The Bertz CT molecular complexity index is 1010. The van der Waals surface area contributed by atoms with Gasteiger partial charge in [0.05, 0.1) is 21.2 Å². The molecule has 0 atom stereocenters. The smallest absolute Gasteiger partial charge is 0.337 e. The fraction of sp³-hybridized carbons (Fsp3) is 0.250. The summed E-state index contributed by atoms with van der Waals surface area (Å²) in [6, 6.07) is 10.4. The van der Waals surface area contributed by atoms with Crippen LogP contribution in [-0.2, 0) is 0 Å². The summed E-state index contributed by atoms with van der Waals surface area (Å²) in [7, 11) is 0. The van der Waals surface area contributed by atoms with E-state index in [9.17, 15) is 4.79 Å². The molecule has 0 aromatic heterocycles. The lowest BCUT2D eigenvalue weighted by atomic mass is 10.1. The number of anilines is 2. The number of nitrogens with zero attached hydrogens (tertiary/aromatic N) is 3. The number of nitriles is 1. The Morgan fingerprint density at radius 3 is 2.48 bits per heavy atom. The first kappa shape index (κ1) is 21.2. The van der Waals surface area contributed by atoms with Crippen molar-refractivity contribution in [1.29, 1.82) is 5.26 Å². The van der Waals surface area contributed by atoms with Gasteiger partial charge in [0, 0.05) is 37.6 Å². The molecular weight excluding hydrogens is 431 g/mol. The highest BCUT2D eigenvalue weighted by Crippen LogP contribution is 2.30. The molecule has 6 nitrogen and oxygen atoms in total. The second kappa shape index (κ2) is 8.87. The van der Waals surface area contributed by atoms with Crippen LogP contribution in [0.5, 0.6) is 0 Å². The van der Waals surface area contributed by atoms with Gasteiger partial charge in [-0.3, -0.25) is 0 Å². The third-order valence-electron chi connectivity index (χ3n) is 4.84. The van der Waals surface area contributed by atoms with Crippen LogP contribution in [0, 0.1) is 18.3 Å². The average molecular weight is 449 g/mol. The first-order valence-corrected chi connectivity index (χ1v) is 10.0. The predicted octanol–water partition coefficient (Wildman–Crippen LogP) is 4.39. The number of aromatic carboxylic acids is 1. The van der Waals surface area contributed by atoms with E-state index in [0.717, 1.165) is 24.3 Å². The Morgan fingerprint density at radius 1 is 1.21 bits per heavy atom. The zero-order chi connectivity index (χ0) is 21.1. The fourth-order valence-electron chi connectivity index (χ4n) is 3.22. The second-order valence-corrected chi connectivity index (χ2v) is 7.76. The van der Waals surface area contributed by atoms with Crippen LogP contribution in [0.3, 0.4) is 0 Å². The minimum absolute atomic E-state index is 0.0493.